The van der Waals surface area contributed by atoms with Crippen LogP contribution in [0, 0.1) is 0 Å². The Bertz CT molecular complexity index is 551. The molecule has 3 atom stereocenters. The van der Waals surface area contributed by atoms with E-state index in [0.717, 1.165) is 31.5 Å². The van der Waals surface area contributed by atoms with E-state index in [1.54, 1.807) is 0 Å². The summed E-state index contributed by atoms with van der Waals surface area (Å²) in [7, 11) is 0. The molecule has 1 N–H and O–H groups in total. The zero-order valence-corrected chi connectivity index (χ0v) is 13.5. The fraction of sp³-hybridized carbons (Fsp3) is 0.588. The van der Waals surface area contributed by atoms with E-state index in [2.05, 4.69) is 11.4 Å². The Morgan fingerprint density at radius 3 is 2.91 bits per heavy atom. The van der Waals surface area contributed by atoms with Crippen molar-refractivity contribution in [1.29, 1.82) is 0 Å². The molecule has 2 bridgehead atoms. The third-order valence-corrected chi connectivity index (χ3v) is 5.05. The number of carbonyl (C=O) groups excluding carboxylic acids is 1. The van der Waals surface area contributed by atoms with Gasteiger partial charge in [0, 0.05) is 25.2 Å². The van der Waals surface area contributed by atoms with E-state index in [1.165, 1.54) is 18.4 Å². The molecule has 0 radical (unpaired) electrons. The van der Waals surface area contributed by atoms with Gasteiger partial charge in [0.2, 0.25) is 0 Å². The minimum atomic E-state index is -0.397. The molecule has 22 heavy (non-hydrogen) atoms. The van der Waals surface area contributed by atoms with Crippen molar-refractivity contribution in [3.63, 3.8) is 0 Å². The molecule has 0 spiro atoms. The summed E-state index contributed by atoms with van der Waals surface area (Å²) in [5, 5.41) is 3.63. The lowest BCUT2D eigenvalue weighted by Crippen LogP contribution is -2.42. The van der Waals surface area contributed by atoms with Gasteiger partial charge in [0.25, 0.3) is 5.91 Å². The molecule has 1 aromatic carbocycles. The Morgan fingerprint density at radius 2 is 2.00 bits per heavy atom. The predicted molar refractivity (Wildman–Crippen MR) is 87.2 cm³/mol. The van der Waals surface area contributed by atoms with Crippen molar-refractivity contribution in [1.82, 2.24) is 10.2 Å². The number of amides is 1. The average Bonchev–Trinajstić information content (AvgIpc) is 2.85. The third-order valence-electron chi connectivity index (χ3n) is 5.05. The van der Waals surface area contributed by atoms with Crippen LogP contribution in [0.4, 0.5) is 0 Å². The molecule has 4 rings (SSSR count). The van der Waals surface area contributed by atoms with Crippen molar-refractivity contribution in [2.75, 3.05) is 19.7 Å². The Hall–Kier alpha value is -1.10. The van der Waals surface area contributed by atoms with Crippen LogP contribution in [0.25, 0.3) is 0 Å². The fourth-order valence-corrected chi connectivity index (χ4v) is 3.91. The SMILES string of the molecule is Cl.O=C(C1OCCc2ccccc21)N1CCC2CCC(C1)N2. The normalized spacial score (nSPS) is 30.2. The lowest BCUT2D eigenvalue weighted by molar-refractivity contribution is -0.145. The van der Waals surface area contributed by atoms with Crippen LogP contribution in [0.3, 0.4) is 0 Å². The first-order valence-corrected chi connectivity index (χ1v) is 8.05. The Labute approximate surface area is 137 Å². The van der Waals surface area contributed by atoms with Crippen LogP contribution < -0.4 is 5.32 Å². The van der Waals surface area contributed by atoms with Gasteiger partial charge >= 0.3 is 0 Å². The Kier molecular flexibility index (Phi) is 4.71. The number of halogens is 1. The monoisotopic (exact) mass is 322 g/mol. The zero-order valence-electron chi connectivity index (χ0n) is 12.7. The number of ether oxygens (including phenoxy) is 1. The van der Waals surface area contributed by atoms with Crippen LogP contribution in [-0.2, 0) is 16.0 Å². The molecular weight excluding hydrogens is 300 g/mol. The molecule has 2 saturated heterocycles. The highest BCUT2D eigenvalue weighted by atomic mass is 35.5. The largest absolute Gasteiger partial charge is 0.363 e. The van der Waals surface area contributed by atoms with Crippen LogP contribution in [0.2, 0.25) is 0 Å². The summed E-state index contributed by atoms with van der Waals surface area (Å²) in [6.45, 7) is 2.33. The highest BCUT2D eigenvalue weighted by Gasteiger charge is 2.35. The highest BCUT2D eigenvalue weighted by Crippen LogP contribution is 2.30. The number of carbonyl (C=O) groups is 1. The lowest BCUT2D eigenvalue weighted by Gasteiger charge is -2.31. The number of nitrogens with zero attached hydrogens (tertiary/aromatic N) is 1. The van der Waals surface area contributed by atoms with Gasteiger partial charge < -0.3 is 15.0 Å². The van der Waals surface area contributed by atoms with E-state index in [-0.39, 0.29) is 18.3 Å². The zero-order chi connectivity index (χ0) is 14.2. The average molecular weight is 323 g/mol. The van der Waals surface area contributed by atoms with Crippen LogP contribution in [0.15, 0.2) is 24.3 Å². The van der Waals surface area contributed by atoms with E-state index in [1.807, 2.05) is 23.1 Å². The second-order valence-electron chi connectivity index (χ2n) is 6.41. The smallest absolute Gasteiger partial charge is 0.256 e. The van der Waals surface area contributed by atoms with E-state index in [0.29, 0.717) is 18.7 Å². The summed E-state index contributed by atoms with van der Waals surface area (Å²) < 4.78 is 5.83. The molecule has 0 aliphatic carbocycles. The van der Waals surface area contributed by atoms with Crippen LogP contribution in [-0.4, -0.2) is 42.6 Å². The summed E-state index contributed by atoms with van der Waals surface area (Å²) in [4.78, 5) is 14.9. The Balaban J connectivity index is 0.00000144. The maximum absolute atomic E-state index is 12.9. The first kappa shape index (κ1) is 15.8. The van der Waals surface area contributed by atoms with Gasteiger partial charge in [-0.15, -0.1) is 12.4 Å². The molecule has 2 fully saturated rings. The minimum absolute atomic E-state index is 0. The lowest BCUT2D eigenvalue weighted by atomic mass is 9.96. The topological polar surface area (TPSA) is 41.6 Å². The van der Waals surface area contributed by atoms with Crippen LogP contribution >= 0.6 is 12.4 Å². The van der Waals surface area contributed by atoms with Crippen molar-refractivity contribution < 1.29 is 9.53 Å². The molecule has 1 amide bonds. The number of rotatable bonds is 1. The fourth-order valence-electron chi connectivity index (χ4n) is 3.91. The second-order valence-corrected chi connectivity index (χ2v) is 6.41. The van der Waals surface area contributed by atoms with E-state index in [9.17, 15) is 4.79 Å². The molecule has 0 aromatic heterocycles. The van der Waals surface area contributed by atoms with E-state index >= 15 is 0 Å². The molecule has 120 valence electrons. The summed E-state index contributed by atoms with van der Waals surface area (Å²) in [6.07, 6.45) is 4.03. The van der Waals surface area contributed by atoms with Gasteiger partial charge in [0.05, 0.1) is 6.61 Å². The van der Waals surface area contributed by atoms with E-state index < -0.39 is 6.10 Å². The number of hydrogen-bond donors (Lipinski definition) is 1. The van der Waals surface area contributed by atoms with Gasteiger partial charge in [0.1, 0.15) is 0 Å². The minimum Gasteiger partial charge on any atom is -0.363 e. The van der Waals surface area contributed by atoms with Crippen molar-refractivity contribution in [2.24, 2.45) is 0 Å². The summed E-state index contributed by atoms with van der Waals surface area (Å²) in [5.74, 6) is 0.150. The first-order valence-electron chi connectivity index (χ1n) is 8.05. The quantitative estimate of drug-likeness (QED) is 0.860. The molecule has 4 nitrogen and oxygen atoms in total. The van der Waals surface area contributed by atoms with Crippen molar-refractivity contribution in [3.05, 3.63) is 35.4 Å². The van der Waals surface area contributed by atoms with E-state index in [4.69, 9.17) is 4.74 Å². The number of nitrogens with one attached hydrogen (secondary N) is 1. The molecule has 3 unspecified atom stereocenters. The van der Waals surface area contributed by atoms with Gasteiger partial charge in [-0.25, -0.2) is 0 Å². The van der Waals surface area contributed by atoms with Crippen molar-refractivity contribution in [3.8, 4) is 0 Å². The van der Waals surface area contributed by atoms with Gasteiger partial charge in [0.15, 0.2) is 6.10 Å². The molecule has 3 aliphatic heterocycles. The van der Waals surface area contributed by atoms with Gasteiger partial charge in [-0.1, -0.05) is 24.3 Å². The van der Waals surface area contributed by atoms with Gasteiger partial charge in [-0.3, -0.25) is 4.79 Å². The number of fused-ring (bicyclic) bond motifs is 3. The second kappa shape index (κ2) is 6.57. The summed E-state index contributed by atoms with van der Waals surface area (Å²) in [6, 6.07) is 9.27. The maximum atomic E-state index is 12.9. The third kappa shape index (κ3) is 2.87. The highest BCUT2D eigenvalue weighted by molar-refractivity contribution is 5.85. The van der Waals surface area contributed by atoms with Crippen molar-refractivity contribution in [2.45, 2.75) is 43.9 Å². The standard InChI is InChI=1S/C17H22N2O2.ClH/c20-17(19-9-7-13-5-6-14(11-19)18-13)16-15-4-2-1-3-12(15)8-10-21-16;/h1-4,13-14,16,18H,5-11H2;1H. The Morgan fingerprint density at radius 1 is 1.18 bits per heavy atom. The molecule has 5 heteroatoms. The summed E-state index contributed by atoms with van der Waals surface area (Å²) in [5.41, 5.74) is 2.33. The molecule has 3 heterocycles. The number of benzene rings is 1. The maximum Gasteiger partial charge on any atom is 0.256 e. The van der Waals surface area contributed by atoms with Crippen LogP contribution in [0.5, 0.6) is 0 Å². The predicted octanol–water partition coefficient (Wildman–Crippen LogP) is 2.08. The molecule has 1 aromatic rings. The van der Waals surface area contributed by atoms with Gasteiger partial charge in [-0.2, -0.15) is 0 Å². The molecule has 3 aliphatic rings. The molecular formula is C17H23ClN2O2. The van der Waals surface area contributed by atoms with Crippen molar-refractivity contribution >= 4 is 18.3 Å². The number of likely N-dealkylation sites (tertiary alicyclic amines) is 1. The summed E-state index contributed by atoms with van der Waals surface area (Å²) >= 11 is 0. The first-order chi connectivity index (χ1) is 10.3. The molecule has 0 saturated carbocycles. The van der Waals surface area contributed by atoms with Crippen LogP contribution in [0.1, 0.15) is 36.5 Å². The number of hydrogen-bond acceptors (Lipinski definition) is 3. The van der Waals surface area contributed by atoms with Gasteiger partial charge in [-0.05, 0) is 36.8 Å².